The molecule has 1 aliphatic rings. The van der Waals surface area contributed by atoms with Crippen LogP contribution in [-0.2, 0) is 0 Å². The summed E-state index contributed by atoms with van der Waals surface area (Å²) in [4.78, 5) is 11.6. The Bertz CT molecular complexity index is 406. The molecule has 0 saturated carbocycles. The molecule has 0 amide bonds. The van der Waals surface area contributed by atoms with Gasteiger partial charge in [-0.3, -0.25) is 0 Å². The highest BCUT2D eigenvalue weighted by Gasteiger charge is 2.19. The fraction of sp³-hybridized carbons (Fsp3) is 0.714. The van der Waals surface area contributed by atoms with Gasteiger partial charge in [-0.25, -0.2) is 9.97 Å². The first kappa shape index (κ1) is 13.8. The number of rotatable bonds is 2. The highest BCUT2D eigenvalue weighted by atomic mass is 79.9. The number of hydrogen-bond donors (Lipinski definition) is 0. The molecule has 1 atom stereocenters. The van der Waals surface area contributed by atoms with Crippen molar-refractivity contribution in [3.8, 4) is 0 Å². The van der Waals surface area contributed by atoms with Crippen LogP contribution >= 0.6 is 15.9 Å². The van der Waals surface area contributed by atoms with Crippen molar-refractivity contribution in [2.24, 2.45) is 0 Å². The summed E-state index contributed by atoms with van der Waals surface area (Å²) >= 11 is 3.51. The van der Waals surface area contributed by atoms with Crippen LogP contribution in [0.15, 0.2) is 10.7 Å². The van der Waals surface area contributed by atoms with E-state index in [1.54, 1.807) is 0 Å². The van der Waals surface area contributed by atoms with Gasteiger partial charge < -0.3 is 4.90 Å². The molecule has 2 heterocycles. The lowest BCUT2D eigenvalue weighted by molar-refractivity contribution is 0.607. The van der Waals surface area contributed by atoms with E-state index >= 15 is 0 Å². The van der Waals surface area contributed by atoms with E-state index in [-0.39, 0.29) is 0 Å². The zero-order valence-corrected chi connectivity index (χ0v) is 13.1. The number of aromatic nitrogens is 2. The Morgan fingerprint density at radius 1 is 1.28 bits per heavy atom. The van der Waals surface area contributed by atoms with E-state index in [0.717, 1.165) is 22.8 Å². The number of hydrogen-bond acceptors (Lipinski definition) is 3. The molecule has 1 unspecified atom stereocenters. The number of nitrogens with zero attached hydrogens (tertiary/aromatic N) is 3. The molecular formula is C14H22BrN3. The topological polar surface area (TPSA) is 29.0 Å². The maximum atomic E-state index is 4.73. The summed E-state index contributed by atoms with van der Waals surface area (Å²) < 4.78 is 0.896. The Hall–Kier alpha value is -0.640. The third kappa shape index (κ3) is 3.22. The molecule has 0 aromatic carbocycles. The quantitative estimate of drug-likeness (QED) is 0.769. The van der Waals surface area contributed by atoms with Crippen molar-refractivity contribution >= 4 is 21.7 Å². The number of halogens is 1. The molecule has 2 rings (SSSR count). The smallest absolute Gasteiger partial charge is 0.134 e. The molecule has 0 bridgehead atoms. The van der Waals surface area contributed by atoms with Gasteiger partial charge in [0.2, 0.25) is 0 Å². The van der Waals surface area contributed by atoms with E-state index in [1.165, 1.54) is 25.7 Å². The summed E-state index contributed by atoms with van der Waals surface area (Å²) in [5.41, 5.74) is 0. The lowest BCUT2D eigenvalue weighted by Gasteiger charge is -2.28. The van der Waals surface area contributed by atoms with Crippen molar-refractivity contribution in [1.82, 2.24) is 9.97 Å². The molecule has 1 aromatic heterocycles. The summed E-state index contributed by atoms with van der Waals surface area (Å²) in [7, 11) is 0. The van der Waals surface area contributed by atoms with Gasteiger partial charge in [-0.1, -0.05) is 26.7 Å². The minimum Gasteiger partial charge on any atom is -0.354 e. The first-order valence-electron chi connectivity index (χ1n) is 6.89. The van der Waals surface area contributed by atoms with Crippen molar-refractivity contribution in [2.45, 2.75) is 58.4 Å². The molecule has 1 aromatic rings. The monoisotopic (exact) mass is 311 g/mol. The summed E-state index contributed by atoms with van der Waals surface area (Å²) in [5.74, 6) is 2.37. The molecule has 0 aliphatic carbocycles. The normalized spacial score (nSPS) is 21.2. The molecule has 1 saturated heterocycles. The zero-order chi connectivity index (χ0) is 13.1. The van der Waals surface area contributed by atoms with Crippen LogP contribution in [-0.4, -0.2) is 22.6 Å². The van der Waals surface area contributed by atoms with E-state index in [9.17, 15) is 0 Å². The lowest BCUT2D eigenvalue weighted by atomic mass is 10.1. The Kier molecular flexibility index (Phi) is 4.60. The standard InChI is InChI=1S/C14H22BrN3/c1-10(2)14-16-12(15)9-13(17-14)18-8-6-4-5-7-11(18)3/h9-11H,4-8H2,1-3H3. The van der Waals surface area contributed by atoms with E-state index in [0.29, 0.717) is 12.0 Å². The molecule has 4 heteroatoms. The van der Waals surface area contributed by atoms with Gasteiger partial charge in [-0.15, -0.1) is 0 Å². The molecule has 1 aliphatic heterocycles. The van der Waals surface area contributed by atoms with Gasteiger partial charge in [-0.05, 0) is 35.7 Å². The van der Waals surface area contributed by atoms with Crippen LogP contribution in [0.2, 0.25) is 0 Å². The maximum absolute atomic E-state index is 4.73. The molecule has 0 N–H and O–H groups in total. The molecule has 100 valence electrons. The van der Waals surface area contributed by atoms with Gasteiger partial charge >= 0.3 is 0 Å². The summed E-state index contributed by atoms with van der Waals surface area (Å²) in [6.45, 7) is 7.69. The van der Waals surface area contributed by atoms with Crippen molar-refractivity contribution in [3.05, 3.63) is 16.5 Å². The van der Waals surface area contributed by atoms with Crippen LogP contribution in [0.5, 0.6) is 0 Å². The SMILES string of the molecule is CC(C)c1nc(Br)cc(N2CCCCCC2C)n1. The Labute approximate surface area is 118 Å². The highest BCUT2D eigenvalue weighted by Crippen LogP contribution is 2.25. The van der Waals surface area contributed by atoms with Crippen LogP contribution in [0, 0.1) is 0 Å². The molecule has 0 spiro atoms. The van der Waals surface area contributed by atoms with E-state index in [1.807, 2.05) is 6.07 Å². The second kappa shape index (κ2) is 6.00. The molecule has 0 radical (unpaired) electrons. The maximum Gasteiger partial charge on any atom is 0.134 e. The van der Waals surface area contributed by atoms with Crippen molar-refractivity contribution in [2.75, 3.05) is 11.4 Å². The van der Waals surface area contributed by atoms with Crippen LogP contribution in [0.25, 0.3) is 0 Å². The summed E-state index contributed by atoms with van der Waals surface area (Å²) in [5, 5.41) is 0. The van der Waals surface area contributed by atoms with E-state index in [4.69, 9.17) is 4.98 Å². The van der Waals surface area contributed by atoms with Crippen molar-refractivity contribution < 1.29 is 0 Å². The Balaban J connectivity index is 2.30. The van der Waals surface area contributed by atoms with E-state index in [2.05, 4.69) is 46.6 Å². The summed E-state index contributed by atoms with van der Waals surface area (Å²) in [6, 6.07) is 2.63. The zero-order valence-electron chi connectivity index (χ0n) is 11.5. The molecule has 18 heavy (non-hydrogen) atoms. The van der Waals surface area contributed by atoms with Gasteiger partial charge in [0.1, 0.15) is 16.2 Å². The van der Waals surface area contributed by atoms with Gasteiger partial charge in [0.25, 0.3) is 0 Å². The van der Waals surface area contributed by atoms with Crippen LogP contribution < -0.4 is 4.90 Å². The minimum atomic E-state index is 0.364. The molecule has 1 fully saturated rings. The second-order valence-corrected chi connectivity index (χ2v) is 6.27. The predicted octanol–water partition coefficient (Wildman–Crippen LogP) is 4.13. The van der Waals surface area contributed by atoms with Crippen LogP contribution in [0.4, 0.5) is 5.82 Å². The van der Waals surface area contributed by atoms with E-state index < -0.39 is 0 Å². The van der Waals surface area contributed by atoms with Gasteiger partial charge in [0.05, 0.1) is 0 Å². The summed E-state index contributed by atoms with van der Waals surface area (Å²) in [6.07, 6.45) is 5.20. The largest absolute Gasteiger partial charge is 0.354 e. The van der Waals surface area contributed by atoms with Gasteiger partial charge in [0, 0.05) is 24.6 Å². The fourth-order valence-electron chi connectivity index (χ4n) is 2.44. The third-order valence-electron chi connectivity index (χ3n) is 3.56. The highest BCUT2D eigenvalue weighted by molar-refractivity contribution is 9.10. The average molecular weight is 312 g/mol. The number of anilines is 1. The van der Waals surface area contributed by atoms with Gasteiger partial charge in [0.15, 0.2) is 0 Å². The molecular weight excluding hydrogens is 290 g/mol. The Morgan fingerprint density at radius 2 is 2.06 bits per heavy atom. The van der Waals surface area contributed by atoms with Gasteiger partial charge in [-0.2, -0.15) is 0 Å². The van der Waals surface area contributed by atoms with Crippen LogP contribution in [0.1, 0.15) is 58.2 Å². The third-order valence-corrected chi connectivity index (χ3v) is 3.97. The first-order valence-corrected chi connectivity index (χ1v) is 7.68. The minimum absolute atomic E-state index is 0.364. The molecule has 3 nitrogen and oxygen atoms in total. The predicted molar refractivity (Wildman–Crippen MR) is 79.1 cm³/mol. The second-order valence-electron chi connectivity index (χ2n) is 5.45. The van der Waals surface area contributed by atoms with Crippen molar-refractivity contribution in [1.29, 1.82) is 0 Å². The lowest BCUT2D eigenvalue weighted by Crippen LogP contribution is -2.33. The first-order chi connectivity index (χ1) is 8.58. The fourth-order valence-corrected chi connectivity index (χ4v) is 2.83. The Morgan fingerprint density at radius 3 is 2.78 bits per heavy atom. The van der Waals surface area contributed by atoms with Crippen LogP contribution in [0.3, 0.4) is 0 Å². The average Bonchev–Trinajstić information content (AvgIpc) is 2.53. The van der Waals surface area contributed by atoms with Crippen molar-refractivity contribution in [3.63, 3.8) is 0 Å².